The molecule has 31 heavy (non-hydrogen) atoms. The molecule has 0 saturated carbocycles. The summed E-state index contributed by atoms with van der Waals surface area (Å²) in [7, 11) is -2.44. The number of hydrogen-bond donors (Lipinski definition) is 3. The number of halogens is 1. The molecule has 4 rings (SSSR count). The standard InChI is InChI=1S/C22H26ClN3O4S/c1-30-20-4-2-3-17(23)21(20)31(28,29)16-7-5-14(6-8-16)12-25-22(27)19-11-15-13-24-10-9-18(15)26-19/h2-8,15,18-19,24,26H,9-13H2,1H3,(H,25,27). The maximum atomic E-state index is 13.1. The number of benzene rings is 2. The quantitative estimate of drug-likeness (QED) is 0.607. The van der Waals surface area contributed by atoms with Crippen LogP contribution in [0, 0.1) is 5.92 Å². The van der Waals surface area contributed by atoms with E-state index in [0.717, 1.165) is 31.5 Å². The highest BCUT2D eigenvalue weighted by atomic mass is 35.5. The summed E-state index contributed by atoms with van der Waals surface area (Å²) in [5.41, 5.74) is 0.815. The number of fused-ring (bicyclic) bond motifs is 1. The van der Waals surface area contributed by atoms with Gasteiger partial charge in [-0.25, -0.2) is 8.42 Å². The van der Waals surface area contributed by atoms with Gasteiger partial charge in [0, 0.05) is 12.6 Å². The molecule has 0 bridgehead atoms. The Kier molecular flexibility index (Phi) is 6.52. The van der Waals surface area contributed by atoms with Crippen molar-refractivity contribution >= 4 is 27.3 Å². The number of hydrogen-bond acceptors (Lipinski definition) is 6. The second-order valence-corrected chi connectivity index (χ2v) is 10.2. The third kappa shape index (κ3) is 4.57. The van der Waals surface area contributed by atoms with E-state index in [9.17, 15) is 13.2 Å². The summed E-state index contributed by atoms with van der Waals surface area (Å²) in [6.07, 6.45) is 1.88. The fraction of sp³-hybridized carbons (Fsp3) is 0.409. The number of ether oxygens (including phenoxy) is 1. The second-order valence-electron chi connectivity index (χ2n) is 7.95. The maximum absolute atomic E-state index is 13.1. The summed E-state index contributed by atoms with van der Waals surface area (Å²) in [5.74, 6) is 0.673. The number of carbonyl (C=O) groups excluding carboxylic acids is 1. The first-order valence-corrected chi connectivity index (χ1v) is 12.2. The molecule has 2 aliphatic rings. The van der Waals surface area contributed by atoms with Crippen molar-refractivity contribution in [2.75, 3.05) is 20.2 Å². The van der Waals surface area contributed by atoms with E-state index in [1.165, 1.54) is 25.3 Å². The van der Waals surface area contributed by atoms with Crippen LogP contribution in [-0.2, 0) is 21.2 Å². The van der Waals surface area contributed by atoms with Crippen molar-refractivity contribution in [2.45, 2.75) is 41.3 Å². The van der Waals surface area contributed by atoms with Crippen LogP contribution < -0.4 is 20.7 Å². The van der Waals surface area contributed by atoms with E-state index in [0.29, 0.717) is 18.5 Å². The average Bonchev–Trinajstić information content (AvgIpc) is 3.22. The number of methoxy groups -OCH3 is 1. The molecule has 2 aromatic carbocycles. The Balaban J connectivity index is 1.41. The Morgan fingerprint density at radius 2 is 2.00 bits per heavy atom. The minimum atomic E-state index is -3.85. The number of amides is 1. The summed E-state index contributed by atoms with van der Waals surface area (Å²) in [6.45, 7) is 2.27. The first-order valence-electron chi connectivity index (χ1n) is 10.3. The van der Waals surface area contributed by atoms with Crippen LogP contribution in [0.15, 0.2) is 52.3 Å². The zero-order valence-corrected chi connectivity index (χ0v) is 18.8. The Morgan fingerprint density at radius 3 is 2.71 bits per heavy atom. The normalized spacial score (nSPS) is 23.2. The summed E-state index contributed by atoms with van der Waals surface area (Å²) < 4.78 is 31.3. The van der Waals surface area contributed by atoms with Crippen LogP contribution >= 0.6 is 11.6 Å². The van der Waals surface area contributed by atoms with Crippen LogP contribution in [0.1, 0.15) is 18.4 Å². The van der Waals surface area contributed by atoms with Gasteiger partial charge in [0.15, 0.2) is 0 Å². The lowest BCUT2D eigenvalue weighted by Gasteiger charge is -2.25. The number of rotatable bonds is 6. The van der Waals surface area contributed by atoms with E-state index in [4.69, 9.17) is 16.3 Å². The van der Waals surface area contributed by atoms with Gasteiger partial charge in [-0.1, -0.05) is 29.8 Å². The fourth-order valence-electron chi connectivity index (χ4n) is 4.33. The van der Waals surface area contributed by atoms with Crippen molar-refractivity contribution in [2.24, 2.45) is 5.92 Å². The smallest absolute Gasteiger partial charge is 0.237 e. The predicted octanol–water partition coefficient (Wildman–Crippen LogP) is 2.14. The molecule has 3 unspecified atom stereocenters. The predicted molar refractivity (Wildman–Crippen MR) is 118 cm³/mol. The molecule has 0 aromatic heterocycles. The van der Waals surface area contributed by atoms with Crippen molar-refractivity contribution < 1.29 is 17.9 Å². The molecule has 9 heteroatoms. The topological polar surface area (TPSA) is 96.5 Å². The van der Waals surface area contributed by atoms with Crippen LogP contribution in [0.3, 0.4) is 0 Å². The lowest BCUT2D eigenvalue weighted by molar-refractivity contribution is -0.123. The zero-order valence-electron chi connectivity index (χ0n) is 17.2. The van der Waals surface area contributed by atoms with E-state index in [2.05, 4.69) is 16.0 Å². The minimum absolute atomic E-state index is 0.0214. The van der Waals surface area contributed by atoms with E-state index in [1.807, 2.05) is 0 Å². The van der Waals surface area contributed by atoms with E-state index < -0.39 is 9.84 Å². The van der Waals surface area contributed by atoms with Gasteiger partial charge in [-0.3, -0.25) is 4.79 Å². The van der Waals surface area contributed by atoms with Gasteiger partial charge in [0.25, 0.3) is 0 Å². The first-order chi connectivity index (χ1) is 14.9. The summed E-state index contributed by atoms with van der Waals surface area (Å²) in [5, 5.41) is 9.88. The van der Waals surface area contributed by atoms with Crippen molar-refractivity contribution in [3.8, 4) is 5.75 Å². The third-order valence-corrected chi connectivity index (χ3v) is 8.28. The molecule has 1 amide bonds. The third-order valence-electron chi connectivity index (χ3n) is 6.00. The van der Waals surface area contributed by atoms with Crippen LogP contribution in [0.4, 0.5) is 0 Å². The number of piperidine rings is 1. The number of nitrogens with one attached hydrogen (secondary N) is 3. The molecule has 2 aliphatic heterocycles. The highest BCUT2D eigenvalue weighted by Gasteiger charge is 2.38. The molecule has 3 N–H and O–H groups in total. The molecule has 0 radical (unpaired) electrons. The average molecular weight is 464 g/mol. The van der Waals surface area contributed by atoms with Crippen LogP contribution in [0.2, 0.25) is 5.02 Å². The number of sulfone groups is 1. The van der Waals surface area contributed by atoms with Crippen molar-refractivity contribution in [3.05, 3.63) is 53.1 Å². The zero-order chi connectivity index (χ0) is 22.0. The molecule has 2 saturated heterocycles. The monoisotopic (exact) mass is 463 g/mol. The van der Waals surface area contributed by atoms with Gasteiger partial charge in [-0.05, 0) is 61.7 Å². The fourth-order valence-corrected chi connectivity index (χ4v) is 6.27. The molecule has 0 aliphatic carbocycles. The highest BCUT2D eigenvalue weighted by molar-refractivity contribution is 7.91. The lowest BCUT2D eigenvalue weighted by Crippen LogP contribution is -2.45. The summed E-state index contributed by atoms with van der Waals surface area (Å²) >= 11 is 6.15. The van der Waals surface area contributed by atoms with Crippen molar-refractivity contribution in [1.29, 1.82) is 0 Å². The Morgan fingerprint density at radius 1 is 1.23 bits per heavy atom. The van der Waals surface area contributed by atoms with E-state index >= 15 is 0 Å². The summed E-state index contributed by atoms with van der Waals surface area (Å²) in [6, 6.07) is 11.4. The van der Waals surface area contributed by atoms with E-state index in [1.54, 1.807) is 24.3 Å². The number of carbonyl (C=O) groups is 1. The second kappa shape index (κ2) is 9.16. The Labute approximate surface area is 187 Å². The lowest BCUT2D eigenvalue weighted by atomic mass is 9.94. The molecule has 2 fully saturated rings. The van der Waals surface area contributed by atoms with Gasteiger partial charge >= 0.3 is 0 Å². The van der Waals surface area contributed by atoms with Crippen LogP contribution in [0.5, 0.6) is 5.75 Å². The SMILES string of the molecule is COc1cccc(Cl)c1S(=O)(=O)c1ccc(CNC(=O)C2CC3CNCCC3N2)cc1. The van der Waals surface area contributed by atoms with Gasteiger partial charge in [0.1, 0.15) is 10.6 Å². The Bertz CT molecular complexity index is 1040. The maximum Gasteiger partial charge on any atom is 0.237 e. The molecule has 2 aromatic rings. The molecule has 0 spiro atoms. The van der Waals surface area contributed by atoms with Crippen molar-refractivity contribution in [3.63, 3.8) is 0 Å². The minimum Gasteiger partial charge on any atom is -0.495 e. The summed E-state index contributed by atoms with van der Waals surface area (Å²) in [4.78, 5) is 12.6. The largest absolute Gasteiger partial charge is 0.495 e. The molecule has 3 atom stereocenters. The Hall–Kier alpha value is -2.13. The molecule has 166 valence electrons. The van der Waals surface area contributed by atoms with Gasteiger partial charge in [0.05, 0.1) is 23.1 Å². The van der Waals surface area contributed by atoms with Crippen LogP contribution in [0.25, 0.3) is 0 Å². The molecule has 7 nitrogen and oxygen atoms in total. The highest BCUT2D eigenvalue weighted by Crippen LogP contribution is 2.35. The van der Waals surface area contributed by atoms with Crippen molar-refractivity contribution in [1.82, 2.24) is 16.0 Å². The van der Waals surface area contributed by atoms with Gasteiger partial charge in [0.2, 0.25) is 15.7 Å². The van der Waals surface area contributed by atoms with Crippen LogP contribution in [-0.4, -0.2) is 46.6 Å². The van der Waals surface area contributed by atoms with E-state index in [-0.39, 0.29) is 32.5 Å². The van der Waals surface area contributed by atoms with Gasteiger partial charge < -0.3 is 20.7 Å². The molecular formula is C22H26ClN3O4S. The van der Waals surface area contributed by atoms with Gasteiger partial charge in [-0.2, -0.15) is 0 Å². The first kappa shape index (κ1) is 22.1. The molecular weight excluding hydrogens is 438 g/mol. The molecule has 2 heterocycles. The van der Waals surface area contributed by atoms with Gasteiger partial charge in [-0.15, -0.1) is 0 Å².